The van der Waals surface area contributed by atoms with E-state index in [1.807, 2.05) is 30.3 Å². The zero-order valence-electron chi connectivity index (χ0n) is 26.0. The molecule has 2 aliphatic rings. The zero-order valence-corrected chi connectivity index (χ0v) is 29.2. The third kappa shape index (κ3) is 9.20. The van der Waals surface area contributed by atoms with E-state index in [0.717, 1.165) is 39.3 Å². The Kier molecular flexibility index (Phi) is 13.0. The SMILES string of the molecule is CC(C)(C)c1cc(CP(C(C)(C)C)C(C)(C)C)c(C(P)(C2CNCCN2)C2CNCCN2)[cH-]1.[Fe+2].c1cc[cH-]c1. The molecule has 0 amide bonds. The minimum absolute atomic E-state index is 0. The third-order valence-corrected chi connectivity index (χ3v) is 13.1. The van der Waals surface area contributed by atoms with E-state index in [-0.39, 0.29) is 35.6 Å². The number of hydrogen-bond donors (Lipinski definition) is 4. The number of hydrogen-bond acceptors (Lipinski definition) is 4. The molecule has 0 radical (unpaired) electrons. The van der Waals surface area contributed by atoms with Gasteiger partial charge in [-0.2, -0.15) is 41.0 Å². The molecule has 7 heteroatoms. The Bertz CT molecular complexity index is 905. The van der Waals surface area contributed by atoms with Crippen LogP contribution in [0.15, 0.2) is 42.5 Å². The Balaban J connectivity index is 0.000000797. The van der Waals surface area contributed by atoms with Crippen LogP contribution in [0, 0.1) is 0 Å². The van der Waals surface area contributed by atoms with Crippen LogP contribution >= 0.6 is 17.2 Å². The number of rotatable bonds is 5. The van der Waals surface area contributed by atoms with Gasteiger partial charge in [-0.25, -0.2) is 18.2 Å². The molecule has 2 saturated heterocycles. The molecule has 3 atom stereocenters. The Hall–Kier alpha value is -0.0805. The van der Waals surface area contributed by atoms with E-state index in [0.29, 0.717) is 22.4 Å². The smallest absolute Gasteiger partial charge is 0.314 e. The van der Waals surface area contributed by atoms with Gasteiger partial charge >= 0.3 is 17.1 Å². The van der Waals surface area contributed by atoms with Crippen LogP contribution in [0.2, 0.25) is 0 Å². The summed E-state index contributed by atoms with van der Waals surface area (Å²) in [5.41, 5.74) is 4.73. The van der Waals surface area contributed by atoms with Crippen molar-refractivity contribution in [3.8, 4) is 0 Å². The predicted molar refractivity (Wildman–Crippen MR) is 174 cm³/mol. The van der Waals surface area contributed by atoms with Crippen LogP contribution in [0.25, 0.3) is 0 Å². The molecule has 0 spiro atoms. The van der Waals surface area contributed by atoms with E-state index in [1.165, 1.54) is 11.7 Å². The number of nitrogens with one attached hydrogen (secondary N) is 4. The standard InChI is InChI=1S/C27H51N4P2.C5H5.Fe/c1-24(2,3)20-14-19(18-33(25(4,5)6)26(7,8)9)21(15-20)27(32,22-16-28-10-12-30-22)23-17-29-11-13-31-23;1-2-4-5-3-1;/h14-15,22-23,28-31H,10-13,16-18,32H2,1-9H3;1-5H;/q2*-1;+2. The summed E-state index contributed by atoms with van der Waals surface area (Å²) >= 11 is 0. The van der Waals surface area contributed by atoms with Crippen molar-refractivity contribution in [3.63, 3.8) is 0 Å². The fourth-order valence-electron chi connectivity index (χ4n) is 6.09. The quantitative estimate of drug-likeness (QED) is 0.193. The summed E-state index contributed by atoms with van der Waals surface area (Å²) in [4.78, 5) is 0. The van der Waals surface area contributed by atoms with E-state index in [1.54, 1.807) is 11.1 Å². The maximum Gasteiger partial charge on any atom is 2.00 e. The van der Waals surface area contributed by atoms with Gasteiger partial charge in [0.2, 0.25) is 0 Å². The average molecular weight is 615 g/mol. The van der Waals surface area contributed by atoms with Gasteiger partial charge in [0, 0.05) is 56.5 Å². The molecule has 3 unspecified atom stereocenters. The van der Waals surface area contributed by atoms with Crippen molar-refractivity contribution in [2.45, 2.75) is 101 Å². The molecule has 4 rings (SSSR count). The van der Waals surface area contributed by atoms with Crippen molar-refractivity contribution >= 4 is 17.2 Å². The van der Waals surface area contributed by atoms with Crippen molar-refractivity contribution in [2.24, 2.45) is 0 Å². The molecule has 2 aromatic carbocycles. The Morgan fingerprint density at radius 2 is 1.31 bits per heavy atom. The molecule has 4 N–H and O–H groups in total. The molecule has 0 aliphatic carbocycles. The minimum atomic E-state index is -0.221. The van der Waals surface area contributed by atoms with Crippen LogP contribution in [0.3, 0.4) is 0 Å². The monoisotopic (exact) mass is 614 g/mol. The van der Waals surface area contributed by atoms with Crippen molar-refractivity contribution in [2.75, 3.05) is 39.3 Å². The van der Waals surface area contributed by atoms with Gasteiger partial charge in [0.15, 0.2) is 0 Å². The first-order valence-electron chi connectivity index (χ1n) is 14.6. The fourth-order valence-corrected chi connectivity index (χ4v) is 10.4. The van der Waals surface area contributed by atoms with Gasteiger partial charge in [-0.3, -0.25) is 0 Å². The molecular weight excluding hydrogens is 558 g/mol. The normalized spacial score (nSPS) is 22.4. The first-order chi connectivity index (χ1) is 17.6. The van der Waals surface area contributed by atoms with Crippen molar-refractivity contribution in [3.05, 3.63) is 59.2 Å². The van der Waals surface area contributed by atoms with Crippen LogP contribution in [0.4, 0.5) is 0 Å². The molecule has 222 valence electrons. The summed E-state index contributed by atoms with van der Waals surface area (Å²) in [5, 5.41) is 15.7. The molecule has 39 heavy (non-hydrogen) atoms. The molecule has 0 saturated carbocycles. The van der Waals surface area contributed by atoms with Gasteiger partial charge in [-0.05, 0) is 15.7 Å². The first kappa shape index (κ1) is 35.1. The van der Waals surface area contributed by atoms with E-state index in [4.69, 9.17) is 0 Å². The zero-order chi connectivity index (χ0) is 28.2. The number of piperazine rings is 2. The molecule has 0 bridgehead atoms. The van der Waals surface area contributed by atoms with Gasteiger partial charge < -0.3 is 21.3 Å². The third-order valence-electron chi connectivity index (χ3n) is 8.05. The Labute approximate surface area is 254 Å². The summed E-state index contributed by atoms with van der Waals surface area (Å²) in [5.74, 6) is 0. The second-order valence-corrected chi connectivity index (χ2v) is 19.0. The van der Waals surface area contributed by atoms with Crippen molar-refractivity contribution < 1.29 is 17.1 Å². The minimum Gasteiger partial charge on any atom is -0.314 e. The summed E-state index contributed by atoms with van der Waals surface area (Å²) in [6.45, 7) is 27.9. The molecule has 2 fully saturated rings. The predicted octanol–water partition coefficient (Wildman–Crippen LogP) is 5.88. The van der Waals surface area contributed by atoms with Gasteiger partial charge in [-0.15, -0.1) is 17.2 Å². The molecule has 2 heterocycles. The maximum absolute atomic E-state index is 3.90. The van der Waals surface area contributed by atoms with Gasteiger partial charge in [-0.1, -0.05) is 68.5 Å². The van der Waals surface area contributed by atoms with Crippen molar-refractivity contribution in [1.29, 1.82) is 0 Å². The topological polar surface area (TPSA) is 48.1 Å². The second-order valence-electron chi connectivity index (χ2n) is 14.2. The first-order valence-corrected chi connectivity index (χ1v) is 16.7. The van der Waals surface area contributed by atoms with Gasteiger partial charge in [0.05, 0.1) is 0 Å². The Morgan fingerprint density at radius 3 is 1.64 bits per heavy atom. The summed E-state index contributed by atoms with van der Waals surface area (Å²) < 4.78 is 0. The Morgan fingerprint density at radius 1 is 0.821 bits per heavy atom. The average Bonchev–Trinajstić information content (AvgIpc) is 3.55. The largest absolute Gasteiger partial charge is 2.00 e. The van der Waals surface area contributed by atoms with E-state index in [9.17, 15) is 0 Å². The van der Waals surface area contributed by atoms with Crippen LogP contribution in [-0.2, 0) is 33.8 Å². The maximum atomic E-state index is 3.90. The van der Waals surface area contributed by atoms with Gasteiger partial charge in [0.25, 0.3) is 0 Å². The van der Waals surface area contributed by atoms with Crippen LogP contribution in [0.5, 0.6) is 0 Å². The van der Waals surface area contributed by atoms with Gasteiger partial charge in [0.1, 0.15) is 0 Å². The second kappa shape index (κ2) is 14.4. The molecule has 2 aliphatic heterocycles. The molecule has 0 aromatic heterocycles. The summed E-state index contributed by atoms with van der Waals surface area (Å²) in [6.07, 6.45) is 1.18. The fraction of sp³-hybridized carbons (Fsp3) is 0.688. The van der Waals surface area contributed by atoms with Crippen LogP contribution in [-0.4, -0.2) is 61.7 Å². The molecule has 2 aromatic rings. The van der Waals surface area contributed by atoms with Crippen LogP contribution in [0.1, 0.15) is 79.0 Å². The summed E-state index contributed by atoms with van der Waals surface area (Å²) in [7, 11) is 3.16. The van der Waals surface area contributed by atoms with E-state index in [2.05, 4.69) is 105 Å². The van der Waals surface area contributed by atoms with Crippen LogP contribution < -0.4 is 21.3 Å². The molecular formula is C32H56FeN4P2. The summed E-state index contributed by atoms with van der Waals surface area (Å²) in [6, 6.07) is 15.9. The van der Waals surface area contributed by atoms with E-state index >= 15 is 0 Å². The molecule has 4 nitrogen and oxygen atoms in total. The van der Waals surface area contributed by atoms with Crippen molar-refractivity contribution in [1.82, 2.24) is 21.3 Å². The van der Waals surface area contributed by atoms with E-state index < -0.39 is 0 Å².